The molecule has 0 aliphatic rings. The number of nitrogens with zero attached hydrogens (tertiary/aromatic N) is 2. The van der Waals surface area contributed by atoms with Crippen LogP contribution in [0.1, 0.15) is 24.6 Å². The molecule has 0 radical (unpaired) electrons. The molecule has 0 saturated carbocycles. The summed E-state index contributed by atoms with van der Waals surface area (Å²) in [6.07, 6.45) is 3.21. The Balaban J connectivity index is 2.04. The van der Waals surface area contributed by atoms with Crippen molar-refractivity contribution in [1.82, 2.24) is 4.57 Å². The minimum atomic E-state index is 0.483. The molecule has 0 aliphatic heterocycles. The van der Waals surface area contributed by atoms with E-state index < -0.39 is 0 Å². The molecule has 0 amide bonds. The Labute approximate surface area is 118 Å². The lowest BCUT2D eigenvalue weighted by Gasteiger charge is -2.10. The van der Waals surface area contributed by atoms with E-state index in [1.54, 1.807) is 12.1 Å². The predicted octanol–water partition coefficient (Wildman–Crippen LogP) is 4.04. The highest BCUT2D eigenvalue weighted by Gasteiger charge is 2.03. The second-order valence-electron chi connectivity index (χ2n) is 4.35. The first-order valence-corrected chi connectivity index (χ1v) is 6.70. The lowest BCUT2D eigenvalue weighted by atomic mass is 10.2. The van der Waals surface area contributed by atoms with Crippen LogP contribution in [0.5, 0.6) is 0 Å². The molecular formula is C15H16ClN3. The Bertz CT molecular complexity index is 596. The van der Waals surface area contributed by atoms with Gasteiger partial charge in [-0.3, -0.25) is 0 Å². The molecular weight excluding hydrogens is 258 g/mol. The van der Waals surface area contributed by atoms with E-state index in [1.807, 2.05) is 6.07 Å². The zero-order valence-corrected chi connectivity index (χ0v) is 11.6. The molecule has 1 aromatic carbocycles. The fraction of sp³-hybridized carbons (Fsp3) is 0.267. The SMILES string of the molecule is CCCn1cccc1CNc1ccc(C#N)c(Cl)c1. The van der Waals surface area contributed by atoms with Crippen molar-refractivity contribution >= 4 is 17.3 Å². The van der Waals surface area contributed by atoms with Gasteiger partial charge in [-0.1, -0.05) is 18.5 Å². The van der Waals surface area contributed by atoms with Crippen molar-refractivity contribution in [1.29, 1.82) is 5.26 Å². The van der Waals surface area contributed by atoms with Crippen LogP contribution in [0.15, 0.2) is 36.5 Å². The minimum Gasteiger partial charge on any atom is -0.379 e. The Morgan fingerprint density at radius 3 is 2.89 bits per heavy atom. The average Bonchev–Trinajstić information content (AvgIpc) is 2.84. The van der Waals surface area contributed by atoms with Gasteiger partial charge in [0, 0.05) is 24.1 Å². The van der Waals surface area contributed by atoms with Gasteiger partial charge in [0.15, 0.2) is 0 Å². The molecule has 3 nitrogen and oxygen atoms in total. The summed E-state index contributed by atoms with van der Waals surface area (Å²) >= 11 is 6.00. The van der Waals surface area contributed by atoms with Crippen molar-refractivity contribution in [3.8, 4) is 6.07 Å². The van der Waals surface area contributed by atoms with E-state index >= 15 is 0 Å². The first-order chi connectivity index (χ1) is 9.24. The third kappa shape index (κ3) is 3.30. The van der Waals surface area contributed by atoms with Gasteiger partial charge in [-0.2, -0.15) is 5.26 Å². The highest BCUT2D eigenvalue weighted by Crippen LogP contribution is 2.20. The zero-order chi connectivity index (χ0) is 13.7. The molecule has 0 atom stereocenters. The molecule has 4 heteroatoms. The maximum atomic E-state index is 8.83. The predicted molar refractivity (Wildman–Crippen MR) is 78.2 cm³/mol. The molecule has 0 fully saturated rings. The molecule has 2 aromatic rings. The van der Waals surface area contributed by atoms with E-state index in [-0.39, 0.29) is 0 Å². The van der Waals surface area contributed by atoms with E-state index in [9.17, 15) is 0 Å². The van der Waals surface area contributed by atoms with E-state index in [2.05, 4.69) is 41.2 Å². The first kappa shape index (κ1) is 13.5. The molecule has 2 rings (SSSR count). The van der Waals surface area contributed by atoms with Crippen molar-refractivity contribution in [3.63, 3.8) is 0 Å². The fourth-order valence-electron chi connectivity index (χ4n) is 1.98. The number of aryl methyl sites for hydroxylation is 1. The summed E-state index contributed by atoms with van der Waals surface area (Å²) in [5.41, 5.74) is 2.66. The van der Waals surface area contributed by atoms with Crippen molar-refractivity contribution in [2.75, 3.05) is 5.32 Å². The maximum absolute atomic E-state index is 8.83. The van der Waals surface area contributed by atoms with E-state index in [1.165, 1.54) is 5.69 Å². The number of nitrogens with one attached hydrogen (secondary N) is 1. The van der Waals surface area contributed by atoms with Crippen LogP contribution in [0.25, 0.3) is 0 Å². The van der Waals surface area contributed by atoms with Gasteiger partial charge in [0.05, 0.1) is 17.1 Å². The van der Waals surface area contributed by atoms with E-state index in [0.717, 1.165) is 25.2 Å². The summed E-state index contributed by atoms with van der Waals surface area (Å²) in [5, 5.41) is 12.6. The lowest BCUT2D eigenvalue weighted by molar-refractivity contribution is 0.654. The van der Waals surface area contributed by atoms with Gasteiger partial charge in [0.1, 0.15) is 6.07 Å². The minimum absolute atomic E-state index is 0.483. The first-order valence-electron chi connectivity index (χ1n) is 6.32. The standard InChI is InChI=1S/C15H16ClN3/c1-2-7-19-8-3-4-14(19)11-18-13-6-5-12(10-17)15(16)9-13/h3-6,8-9,18H,2,7,11H2,1H3. The van der Waals surface area contributed by atoms with E-state index in [0.29, 0.717) is 10.6 Å². The molecule has 19 heavy (non-hydrogen) atoms. The van der Waals surface area contributed by atoms with Gasteiger partial charge >= 0.3 is 0 Å². The summed E-state index contributed by atoms with van der Waals surface area (Å²) in [6, 6.07) is 11.6. The topological polar surface area (TPSA) is 40.8 Å². The largest absolute Gasteiger partial charge is 0.379 e. The van der Waals surface area contributed by atoms with Crippen molar-refractivity contribution in [3.05, 3.63) is 52.8 Å². The normalized spacial score (nSPS) is 10.2. The molecule has 0 aliphatic carbocycles. The van der Waals surface area contributed by atoms with E-state index in [4.69, 9.17) is 16.9 Å². The number of rotatable bonds is 5. The molecule has 0 bridgehead atoms. The number of aromatic nitrogens is 1. The van der Waals surface area contributed by atoms with Crippen LogP contribution < -0.4 is 5.32 Å². The van der Waals surface area contributed by atoms with Crippen LogP contribution >= 0.6 is 11.6 Å². The fourth-order valence-corrected chi connectivity index (χ4v) is 2.20. The van der Waals surface area contributed by atoms with Crippen LogP contribution in [0.2, 0.25) is 5.02 Å². The lowest BCUT2D eigenvalue weighted by Crippen LogP contribution is -2.06. The number of halogens is 1. The molecule has 0 unspecified atom stereocenters. The quantitative estimate of drug-likeness (QED) is 0.893. The highest BCUT2D eigenvalue weighted by atomic mass is 35.5. The van der Waals surface area contributed by atoms with Gasteiger partial charge in [-0.25, -0.2) is 0 Å². The Hall–Kier alpha value is -1.92. The van der Waals surface area contributed by atoms with Crippen LogP contribution in [0.3, 0.4) is 0 Å². The van der Waals surface area contributed by atoms with Gasteiger partial charge in [-0.05, 0) is 36.8 Å². The van der Waals surface area contributed by atoms with Crippen LogP contribution in [-0.2, 0) is 13.1 Å². The van der Waals surface area contributed by atoms with Gasteiger partial charge in [0.2, 0.25) is 0 Å². The molecule has 0 saturated heterocycles. The van der Waals surface area contributed by atoms with Crippen LogP contribution in [0, 0.1) is 11.3 Å². The second-order valence-corrected chi connectivity index (χ2v) is 4.76. The summed E-state index contributed by atoms with van der Waals surface area (Å²) in [5.74, 6) is 0. The maximum Gasteiger partial charge on any atom is 0.101 e. The molecule has 0 spiro atoms. The van der Waals surface area contributed by atoms with Gasteiger partial charge < -0.3 is 9.88 Å². The van der Waals surface area contributed by atoms with Crippen molar-refractivity contribution in [2.45, 2.75) is 26.4 Å². The number of nitriles is 1. The number of hydrogen-bond acceptors (Lipinski definition) is 2. The number of benzene rings is 1. The molecule has 98 valence electrons. The summed E-state index contributed by atoms with van der Waals surface area (Å²) in [6.45, 7) is 3.94. The van der Waals surface area contributed by atoms with Gasteiger partial charge in [-0.15, -0.1) is 0 Å². The Kier molecular flexibility index (Phi) is 4.48. The monoisotopic (exact) mass is 273 g/mol. The Morgan fingerprint density at radius 2 is 2.21 bits per heavy atom. The zero-order valence-electron chi connectivity index (χ0n) is 10.9. The third-order valence-corrected chi connectivity index (χ3v) is 3.26. The van der Waals surface area contributed by atoms with Crippen LogP contribution in [-0.4, -0.2) is 4.57 Å². The summed E-state index contributed by atoms with van der Waals surface area (Å²) < 4.78 is 2.23. The molecule has 1 heterocycles. The smallest absolute Gasteiger partial charge is 0.101 e. The Morgan fingerprint density at radius 1 is 1.37 bits per heavy atom. The van der Waals surface area contributed by atoms with Crippen molar-refractivity contribution < 1.29 is 0 Å². The number of hydrogen-bond donors (Lipinski definition) is 1. The summed E-state index contributed by atoms with van der Waals surface area (Å²) in [4.78, 5) is 0. The molecule has 1 N–H and O–H groups in total. The van der Waals surface area contributed by atoms with Crippen molar-refractivity contribution in [2.24, 2.45) is 0 Å². The van der Waals surface area contributed by atoms with Gasteiger partial charge in [0.25, 0.3) is 0 Å². The molecule has 1 aromatic heterocycles. The summed E-state index contributed by atoms with van der Waals surface area (Å²) in [7, 11) is 0. The average molecular weight is 274 g/mol. The highest BCUT2D eigenvalue weighted by molar-refractivity contribution is 6.32. The van der Waals surface area contributed by atoms with Crippen LogP contribution in [0.4, 0.5) is 5.69 Å². The second kappa shape index (κ2) is 6.31. The third-order valence-electron chi connectivity index (χ3n) is 2.95. The number of anilines is 1.